The van der Waals surface area contributed by atoms with Crippen LogP contribution in [-0.2, 0) is 7.05 Å². The molecule has 2 saturated heterocycles. The first kappa shape index (κ1) is 20.5. The van der Waals surface area contributed by atoms with Gasteiger partial charge in [-0.25, -0.2) is 9.97 Å². The third-order valence-corrected chi connectivity index (χ3v) is 6.33. The molecule has 0 unspecified atom stereocenters. The van der Waals surface area contributed by atoms with Gasteiger partial charge in [0, 0.05) is 44.6 Å². The van der Waals surface area contributed by atoms with Crippen LogP contribution in [0.4, 0.5) is 5.95 Å². The fourth-order valence-electron chi connectivity index (χ4n) is 4.79. The van der Waals surface area contributed by atoms with E-state index in [0.29, 0.717) is 17.9 Å². The fourth-order valence-corrected chi connectivity index (χ4v) is 4.79. The number of hydrogen-bond donors (Lipinski definition) is 0. The molecular formula is C24H28N6O2. The number of aromatic nitrogens is 4. The minimum Gasteiger partial charge on any atom is -0.496 e. The molecule has 0 aliphatic carbocycles. The lowest BCUT2D eigenvalue weighted by Gasteiger charge is -2.25. The van der Waals surface area contributed by atoms with Crippen LogP contribution in [0.5, 0.6) is 5.75 Å². The predicted molar refractivity (Wildman–Crippen MR) is 122 cm³/mol. The maximum absolute atomic E-state index is 13.5. The number of ether oxygens (including phenoxy) is 1. The molecule has 0 radical (unpaired) electrons. The van der Waals surface area contributed by atoms with E-state index in [9.17, 15) is 4.79 Å². The molecule has 8 nitrogen and oxygen atoms in total. The normalized spacial score (nSPS) is 18.4. The lowest BCUT2D eigenvalue weighted by atomic mass is 10.0. The Balaban J connectivity index is 1.49. The van der Waals surface area contributed by atoms with Crippen LogP contribution < -0.4 is 9.64 Å². The standard InChI is InChI=1S/C24H28N6O2/c1-28-16-18(19-11-12-25-24(26-19)29-13-5-6-14-29)22(27-28)20-9-7-15-30(20)23(31)17-8-3-4-10-21(17)32-2/h3-4,8,10-12,16,20H,5-7,9,13-15H2,1-2H3/t20-/m0/s1. The topological polar surface area (TPSA) is 76.4 Å². The molecular weight excluding hydrogens is 404 g/mol. The number of rotatable bonds is 5. The van der Waals surface area contributed by atoms with Crippen LogP contribution in [0.2, 0.25) is 0 Å². The minimum atomic E-state index is -0.103. The smallest absolute Gasteiger partial charge is 0.258 e. The number of nitrogens with zero attached hydrogens (tertiary/aromatic N) is 6. The third kappa shape index (κ3) is 3.70. The number of aryl methyl sites for hydroxylation is 1. The maximum Gasteiger partial charge on any atom is 0.258 e. The zero-order valence-corrected chi connectivity index (χ0v) is 18.6. The molecule has 32 heavy (non-hydrogen) atoms. The van der Waals surface area contributed by atoms with Crippen molar-refractivity contribution in [3.05, 3.63) is 54.0 Å². The van der Waals surface area contributed by atoms with E-state index in [0.717, 1.165) is 48.8 Å². The minimum absolute atomic E-state index is 0.0259. The summed E-state index contributed by atoms with van der Waals surface area (Å²) in [5, 5.41) is 4.78. The number of hydrogen-bond acceptors (Lipinski definition) is 6. The van der Waals surface area contributed by atoms with Crippen molar-refractivity contribution >= 4 is 11.9 Å². The van der Waals surface area contributed by atoms with E-state index in [2.05, 4.69) is 9.88 Å². The number of likely N-dealkylation sites (tertiary alicyclic amines) is 1. The molecule has 0 spiro atoms. The Morgan fingerprint density at radius 3 is 2.72 bits per heavy atom. The van der Waals surface area contributed by atoms with Gasteiger partial charge in [0.05, 0.1) is 30.1 Å². The van der Waals surface area contributed by atoms with Gasteiger partial charge in [0.25, 0.3) is 5.91 Å². The summed E-state index contributed by atoms with van der Waals surface area (Å²) < 4.78 is 7.25. The maximum atomic E-state index is 13.5. The molecule has 0 bridgehead atoms. The van der Waals surface area contributed by atoms with Crippen molar-refractivity contribution in [2.45, 2.75) is 31.7 Å². The molecule has 1 atom stereocenters. The van der Waals surface area contributed by atoms with Crippen molar-refractivity contribution in [1.82, 2.24) is 24.6 Å². The Kier molecular flexibility index (Phi) is 5.51. The number of amides is 1. The van der Waals surface area contributed by atoms with Crippen LogP contribution in [-0.4, -0.2) is 57.3 Å². The van der Waals surface area contributed by atoms with Crippen molar-refractivity contribution in [2.75, 3.05) is 31.6 Å². The lowest BCUT2D eigenvalue weighted by Crippen LogP contribution is -2.31. The Morgan fingerprint density at radius 1 is 1.09 bits per heavy atom. The van der Waals surface area contributed by atoms with Crippen LogP contribution in [0, 0.1) is 0 Å². The van der Waals surface area contributed by atoms with E-state index < -0.39 is 0 Å². The lowest BCUT2D eigenvalue weighted by molar-refractivity contribution is 0.0729. The van der Waals surface area contributed by atoms with Gasteiger partial charge in [0.1, 0.15) is 5.75 Å². The molecule has 2 aliphatic heterocycles. The van der Waals surface area contributed by atoms with Crippen LogP contribution in [0.25, 0.3) is 11.3 Å². The van der Waals surface area contributed by atoms with Crippen molar-refractivity contribution in [3.8, 4) is 17.0 Å². The second kappa shape index (κ2) is 8.61. The van der Waals surface area contributed by atoms with Crippen molar-refractivity contribution in [2.24, 2.45) is 7.05 Å². The van der Waals surface area contributed by atoms with Crippen molar-refractivity contribution in [3.63, 3.8) is 0 Å². The highest BCUT2D eigenvalue weighted by atomic mass is 16.5. The predicted octanol–water partition coefficient (Wildman–Crippen LogP) is 3.46. The third-order valence-electron chi connectivity index (χ3n) is 6.33. The SMILES string of the molecule is COc1ccccc1C(=O)N1CCC[C@H]1c1nn(C)cc1-c1ccnc(N2CCCC2)n1. The highest BCUT2D eigenvalue weighted by Crippen LogP contribution is 2.38. The first-order valence-corrected chi connectivity index (χ1v) is 11.2. The zero-order chi connectivity index (χ0) is 22.1. The molecule has 166 valence electrons. The van der Waals surface area contributed by atoms with Crippen LogP contribution >= 0.6 is 0 Å². The molecule has 4 heterocycles. The number of methoxy groups -OCH3 is 1. The van der Waals surface area contributed by atoms with E-state index in [-0.39, 0.29) is 11.9 Å². The van der Waals surface area contributed by atoms with Crippen LogP contribution in [0.15, 0.2) is 42.7 Å². The van der Waals surface area contributed by atoms with Gasteiger partial charge in [-0.3, -0.25) is 9.48 Å². The Bertz CT molecular complexity index is 1120. The molecule has 2 fully saturated rings. The van der Waals surface area contributed by atoms with E-state index in [1.165, 1.54) is 12.8 Å². The second-order valence-corrected chi connectivity index (χ2v) is 8.39. The molecule has 3 aromatic rings. The molecule has 5 rings (SSSR count). The summed E-state index contributed by atoms with van der Waals surface area (Å²) in [5.41, 5.74) is 3.28. The Labute approximate surface area is 187 Å². The van der Waals surface area contributed by atoms with Gasteiger partial charge in [0.2, 0.25) is 5.95 Å². The average molecular weight is 433 g/mol. The number of para-hydroxylation sites is 1. The van der Waals surface area contributed by atoms with Gasteiger partial charge in [-0.05, 0) is 43.9 Å². The van der Waals surface area contributed by atoms with Gasteiger partial charge >= 0.3 is 0 Å². The van der Waals surface area contributed by atoms with Gasteiger partial charge in [-0.2, -0.15) is 5.10 Å². The van der Waals surface area contributed by atoms with E-state index in [1.807, 2.05) is 59.4 Å². The number of carbonyl (C=O) groups excluding carboxylic acids is 1. The van der Waals surface area contributed by atoms with Crippen molar-refractivity contribution in [1.29, 1.82) is 0 Å². The molecule has 8 heteroatoms. The molecule has 1 amide bonds. The summed E-state index contributed by atoms with van der Waals surface area (Å²) in [6.45, 7) is 2.68. The average Bonchev–Trinajstić information content (AvgIpc) is 3.59. The van der Waals surface area contributed by atoms with Gasteiger partial charge in [0.15, 0.2) is 0 Å². The molecule has 2 aliphatic rings. The summed E-state index contributed by atoms with van der Waals surface area (Å²) in [5.74, 6) is 1.33. The zero-order valence-electron chi connectivity index (χ0n) is 18.6. The van der Waals surface area contributed by atoms with Gasteiger partial charge < -0.3 is 14.5 Å². The van der Waals surface area contributed by atoms with Gasteiger partial charge in [-0.15, -0.1) is 0 Å². The first-order valence-electron chi connectivity index (χ1n) is 11.2. The molecule has 0 saturated carbocycles. The quantitative estimate of drug-likeness (QED) is 0.615. The van der Waals surface area contributed by atoms with E-state index >= 15 is 0 Å². The molecule has 0 N–H and O–H groups in total. The second-order valence-electron chi connectivity index (χ2n) is 8.39. The highest BCUT2D eigenvalue weighted by molar-refractivity contribution is 5.97. The van der Waals surface area contributed by atoms with Crippen LogP contribution in [0.3, 0.4) is 0 Å². The summed E-state index contributed by atoms with van der Waals surface area (Å²) in [4.78, 5) is 27.0. The largest absolute Gasteiger partial charge is 0.496 e. The van der Waals surface area contributed by atoms with Crippen LogP contribution in [0.1, 0.15) is 47.8 Å². The summed E-state index contributed by atoms with van der Waals surface area (Å²) in [6.07, 6.45) is 7.97. The Morgan fingerprint density at radius 2 is 1.91 bits per heavy atom. The highest BCUT2D eigenvalue weighted by Gasteiger charge is 2.35. The first-order chi connectivity index (χ1) is 15.7. The van der Waals surface area contributed by atoms with E-state index in [1.54, 1.807) is 7.11 Å². The fraction of sp³-hybridized carbons (Fsp3) is 0.417. The monoisotopic (exact) mass is 432 g/mol. The summed E-state index contributed by atoms with van der Waals surface area (Å²) in [6, 6.07) is 9.22. The Hall–Kier alpha value is -3.42. The van der Waals surface area contributed by atoms with Gasteiger partial charge in [-0.1, -0.05) is 12.1 Å². The summed E-state index contributed by atoms with van der Waals surface area (Å²) >= 11 is 0. The number of anilines is 1. The van der Waals surface area contributed by atoms with E-state index in [4.69, 9.17) is 14.8 Å². The molecule has 2 aromatic heterocycles. The molecule has 1 aromatic carbocycles. The number of carbonyl (C=O) groups is 1. The summed E-state index contributed by atoms with van der Waals surface area (Å²) in [7, 11) is 3.51. The number of benzene rings is 1. The van der Waals surface area contributed by atoms with Crippen molar-refractivity contribution < 1.29 is 9.53 Å².